The molecule has 1 unspecified atom stereocenters. The molecule has 19 heavy (non-hydrogen) atoms. The lowest BCUT2D eigenvalue weighted by Gasteiger charge is -2.13. The summed E-state index contributed by atoms with van der Waals surface area (Å²) in [5.41, 5.74) is -0.185. The zero-order valence-corrected chi connectivity index (χ0v) is 10.6. The number of carboxylic acids is 1. The zero-order valence-electron chi connectivity index (χ0n) is 10.6. The Kier molecular flexibility index (Phi) is 6.80. The van der Waals surface area contributed by atoms with E-state index in [-0.39, 0.29) is 24.7 Å². The SMILES string of the molecule is COCCOCC(O)COc1cccnc1C(=O)O. The molecule has 1 aromatic heterocycles. The van der Waals surface area contributed by atoms with Gasteiger partial charge in [-0.2, -0.15) is 0 Å². The number of aromatic nitrogens is 1. The number of methoxy groups -OCH3 is 1. The van der Waals surface area contributed by atoms with Crippen molar-refractivity contribution < 1.29 is 29.2 Å². The summed E-state index contributed by atoms with van der Waals surface area (Å²) in [5.74, 6) is -1.06. The van der Waals surface area contributed by atoms with Crippen LogP contribution >= 0.6 is 0 Å². The maximum Gasteiger partial charge on any atom is 0.358 e. The molecule has 1 rings (SSSR count). The molecule has 1 aromatic rings. The van der Waals surface area contributed by atoms with Crippen molar-refractivity contribution >= 4 is 5.97 Å². The second kappa shape index (κ2) is 8.41. The Bertz CT molecular complexity index is 398. The van der Waals surface area contributed by atoms with Crippen LogP contribution in [0.1, 0.15) is 10.5 Å². The minimum absolute atomic E-state index is 0.0705. The molecule has 0 aliphatic rings. The van der Waals surface area contributed by atoms with Gasteiger partial charge in [-0.3, -0.25) is 0 Å². The lowest BCUT2D eigenvalue weighted by atomic mass is 10.3. The third-order valence-corrected chi connectivity index (χ3v) is 2.15. The monoisotopic (exact) mass is 271 g/mol. The molecule has 2 N–H and O–H groups in total. The maximum absolute atomic E-state index is 10.9. The van der Waals surface area contributed by atoms with E-state index in [1.807, 2.05) is 0 Å². The first-order chi connectivity index (χ1) is 9.15. The molecule has 106 valence electrons. The molecule has 0 fully saturated rings. The summed E-state index contributed by atoms with van der Waals surface area (Å²) in [6.45, 7) is 0.838. The number of nitrogens with zero attached hydrogens (tertiary/aromatic N) is 1. The van der Waals surface area contributed by atoms with Crippen molar-refractivity contribution in [3.63, 3.8) is 0 Å². The predicted molar refractivity (Wildman–Crippen MR) is 65.4 cm³/mol. The van der Waals surface area contributed by atoms with Gasteiger partial charge in [0.1, 0.15) is 12.7 Å². The summed E-state index contributed by atoms with van der Waals surface area (Å²) in [6, 6.07) is 3.04. The first-order valence-electron chi connectivity index (χ1n) is 5.71. The highest BCUT2D eigenvalue weighted by Gasteiger charge is 2.13. The van der Waals surface area contributed by atoms with E-state index in [2.05, 4.69) is 4.98 Å². The average Bonchev–Trinajstić information content (AvgIpc) is 2.41. The van der Waals surface area contributed by atoms with Crippen LogP contribution in [-0.2, 0) is 9.47 Å². The highest BCUT2D eigenvalue weighted by molar-refractivity contribution is 5.88. The van der Waals surface area contributed by atoms with Gasteiger partial charge in [0.15, 0.2) is 11.4 Å². The van der Waals surface area contributed by atoms with E-state index < -0.39 is 12.1 Å². The summed E-state index contributed by atoms with van der Waals surface area (Å²) in [6.07, 6.45) is 0.513. The van der Waals surface area contributed by atoms with Crippen molar-refractivity contribution in [2.75, 3.05) is 33.5 Å². The molecule has 0 saturated carbocycles. The van der Waals surface area contributed by atoms with Gasteiger partial charge in [-0.25, -0.2) is 9.78 Å². The first-order valence-corrected chi connectivity index (χ1v) is 5.71. The largest absolute Gasteiger partial charge is 0.488 e. The van der Waals surface area contributed by atoms with Crippen LogP contribution in [0, 0.1) is 0 Å². The highest BCUT2D eigenvalue weighted by Crippen LogP contribution is 2.15. The Morgan fingerprint density at radius 1 is 1.42 bits per heavy atom. The number of hydrogen-bond acceptors (Lipinski definition) is 6. The van der Waals surface area contributed by atoms with Crippen molar-refractivity contribution in [3.05, 3.63) is 24.0 Å². The number of carboxylic acid groups (broad SMARTS) is 1. The van der Waals surface area contributed by atoms with Crippen molar-refractivity contribution in [1.29, 1.82) is 0 Å². The van der Waals surface area contributed by atoms with E-state index in [9.17, 15) is 9.90 Å². The van der Waals surface area contributed by atoms with Crippen molar-refractivity contribution in [3.8, 4) is 5.75 Å². The van der Waals surface area contributed by atoms with Crippen LogP contribution in [0.4, 0.5) is 0 Å². The predicted octanol–water partition coefficient (Wildman–Crippen LogP) is 0.182. The van der Waals surface area contributed by atoms with Gasteiger partial charge in [-0.15, -0.1) is 0 Å². The third kappa shape index (κ3) is 5.64. The van der Waals surface area contributed by atoms with Crippen molar-refractivity contribution in [1.82, 2.24) is 4.98 Å². The number of pyridine rings is 1. The molecule has 0 amide bonds. The van der Waals surface area contributed by atoms with E-state index >= 15 is 0 Å². The summed E-state index contributed by atoms with van der Waals surface area (Å²) in [4.78, 5) is 14.6. The fourth-order valence-electron chi connectivity index (χ4n) is 1.26. The normalized spacial score (nSPS) is 12.1. The minimum Gasteiger partial charge on any atom is -0.488 e. The molecule has 0 radical (unpaired) electrons. The zero-order chi connectivity index (χ0) is 14.1. The Hall–Kier alpha value is -1.70. The van der Waals surface area contributed by atoms with Crippen LogP contribution in [0.15, 0.2) is 18.3 Å². The van der Waals surface area contributed by atoms with Crippen LogP contribution < -0.4 is 4.74 Å². The molecule has 7 nitrogen and oxygen atoms in total. The van der Waals surface area contributed by atoms with E-state index in [4.69, 9.17) is 19.3 Å². The molecular weight excluding hydrogens is 254 g/mol. The number of aliphatic hydroxyl groups is 1. The molecule has 0 aliphatic carbocycles. The molecular formula is C12H17NO6. The number of aliphatic hydroxyl groups excluding tert-OH is 1. The van der Waals surface area contributed by atoms with E-state index in [0.717, 1.165) is 0 Å². The van der Waals surface area contributed by atoms with Gasteiger partial charge in [0, 0.05) is 13.3 Å². The number of aromatic carboxylic acids is 1. The van der Waals surface area contributed by atoms with Crippen LogP contribution in [-0.4, -0.2) is 60.8 Å². The number of hydrogen-bond donors (Lipinski definition) is 2. The molecule has 0 aromatic carbocycles. The summed E-state index contributed by atoms with van der Waals surface area (Å²) in [5, 5.41) is 18.5. The second-order valence-corrected chi connectivity index (χ2v) is 3.69. The Morgan fingerprint density at radius 2 is 2.21 bits per heavy atom. The molecule has 1 atom stereocenters. The summed E-state index contributed by atoms with van der Waals surface area (Å²) < 4.78 is 15.1. The molecule has 0 bridgehead atoms. The number of ether oxygens (including phenoxy) is 3. The summed E-state index contributed by atoms with van der Waals surface area (Å²) >= 11 is 0. The Balaban J connectivity index is 2.37. The smallest absolute Gasteiger partial charge is 0.358 e. The third-order valence-electron chi connectivity index (χ3n) is 2.15. The van der Waals surface area contributed by atoms with Crippen LogP contribution in [0.25, 0.3) is 0 Å². The van der Waals surface area contributed by atoms with Gasteiger partial charge in [0.05, 0.1) is 19.8 Å². The highest BCUT2D eigenvalue weighted by atomic mass is 16.5. The molecule has 0 saturated heterocycles. The quantitative estimate of drug-likeness (QED) is 0.618. The Labute approximate surface area is 110 Å². The lowest BCUT2D eigenvalue weighted by molar-refractivity contribution is -0.00445. The topological polar surface area (TPSA) is 98.1 Å². The first kappa shape index (κ1) is 15.4. The van der Waals surface area contributed by atoms with E-state index in [0.29, 0.717) is 13.2 Å². The maximum atomic E-state index is 10.9. The molecule has 0 aliphatic heterocycles. The van der Waals surface area contributed by atoms with Gasteiger partial charge in [-0.1, -0.05) is 0 Å². The number of carbonyl (C=O) groups is 1. The average molecular weight is 271 g/mol. The van der Waals surface area contributed by atoms with Crippen molar-refractivity contribution in [2.45, 2.75) is 6.10 Å². The van der Waals surface area contributed by atoms with Gasteiger partial charge in [0.25, 0.3) is 0 Å². The minimum atomic E-state index is -1.18. The molecule has 0 spiro atoms. The van der Waals surface area contributed by atoms with Crippen LogP contribution in [0.2, 0.25) is 0 Å². The van der Waals surface area contributed by atoms with Gasteiger partial charge in [-0.05, 0) is 12.1 Å². The van der Waals surface area contributed by atoms with Gasteiger partial charge in [0.2, 0.25) is 0 Å². The lowest BCUT2D eigenvalue weighted by Crippen LogP contribution is -2.25. The molecule has 1 heterocycles. The van der Waals surface area contributed by atoms with Gasteiger partial charge < -0.3 is 24.4 Å². The van der Waals surface area contributed by atoms with Crippen LogP contribution in [0.5, 0.6) is 5.75 Å². The van der Waals surface area contributed by atoms with Crippen molar-refractivity contribution in [2.24, 2.45) is 0 Å². The fourth-order valence-corrected chi connectivity index (χ4v) is 1.26. The number of rotatable bonds is 9. The van der Waals surface area contributed by atoms with E-state index in [1.54, 1.807) is 13.2 Å². The van der Waals surface area contributed by atoms with Crippen LogP contribution in [0.3, 0.4) is 0 Å². The standard InChI is InChI=1S/C12H17NO6/c1-17-5-6-18-7-9(14)8-19-10-3-2-4-13-11(10)12(15)16/h2-4,9,14H,5-8H2,1H3,(H,15,16). The summed E-state index contributed by atoms with van der Waals surface area (Å²) in [7, 11) is 1.55. The van der Waals surface area contributed by atoms with E-state index in [1.165, 1.54) is 12.3 Å². The van der Waals surface area contributed by atoms with Gasteiger partial charge >= 0.3 is 5.97 Å². The molecule has 7 heteroatoms. The fraction of sp³-hybridized carbons (Fsp3) is 0.500. The Morgan fingerprint density at radius 3 is 2.89 bits per heavy atom. The second-order valence-electron chi connectivity index (χ2n) is 3.69.